The Balaban J connectivity index is 2.46. The number of nitrogens with one attached hydrogen (secondary N) is 1. The number of nitrogens with two attached hydrogens (primary N) is 1. The summed E-state index contributed by atoms with van der Waals surface area (Å²) >= 11 is 9.41. The van der Waals surface area contributed by atoms with Crippen LogP contribution in [0.2, 0.25) is 5.02 Å². The van der Waals surface area contributed by atoms with E-state index in [9.17, 15) is 0 Å². The topological polar surface area (TPSA) is 55.9 Å². The van der Waals surface area contributed by atoms with Crippen LogP contribution in [0, 0.1) is 0 Å². The van der Waals surface area contributed by atoms with Gasteiger partial charge in [-0.2, -0.15) is 5.10 Å². The maximum Gasteiger partial charge on any atom is 0.0889 e. The molecule has 0 aliphatic carbocycles. The van der Waals surface area contributed by atoms with Crippen molar-refractivity contribution in [2.45, 2.75) is 6.04 Å². The molecule has 0 saturated heterocycles. The molecule has 3 N–H and O–H groups in total. The van der Waals surface area contributed by atoms with E-state index in [0.717, 1.165) is 15.7 Å². The van der Waals surface area contributed by atoms with Gasteiger partial charge in [-0.15, -0.1) is 0 Å². The summed E-state index contributed by atoms with van der Waals surface area (Å²) in [5, 5.41) is 4.82. The molecule has 90 valence electrons. The Hall–Kier alpha value is -0.880. The summed E-state index contributed by atoms with van der Waals surface area (Å²) in [6.07, 6.45) is 1.74. The Morgan fingerprint density at radius 2 is 2.24 bits per heavy atom. The first-order chi connectivity index (χ1) is 8.13. The summed E-state index contributed by atoms with van der Waals surface area (Å²) in [5.41, 5.74) is 4.78. The third kappa shape index (κ3) is 2.52. The second-order valence-corrected chi connectivity index (χ2v) is 4.94. The molecule has 2 aromatic rings. The number of rotatable bonds is 3. The van der Waals surface area contributed by atoms with Gasteiger partial charge in [0, 0.05) is 22.7 Å². The Labute approximate surface area is 113 Å². The molecule has 0 radical (unpaired) electrons. The maximum atomic E-state index is 5.92. The molecule has 1 heterocycles. The Bertz CT molecular complexity index is 526. The third-order valence-corrected chi connectivity index (χ3v) is 3.52. The number of nitrogens with zero attached hydrogens (tertiary/aromatic N) is 2. The second-order valence-electron chi connectivity index (χ2n) is 3.65. The van der Waals surface area contributed by atoms with E-state index in [2.05, 4.69) is 26.5 Å². The van der Waals surface area contributed by atoms with Crippen molar-refractivity contribution in [3.8, 4) is 0 Å². The van der Waals surface area contributed by atoms with Crippen LogP contribution >= 0.6 is 27.5 Å². The van der Waals surface area contributed by atoms with Gasteiger partial charge in [-0.3, -0.25) is 10.5 Å². The minimum absolute atomic E-state index is 0.130. The van der Waals surface area contributed by atoms with Crippen LogP contribution in [0.3, 0.4) is 0 Å². The van der Waals surface area contributed by atoms with Crippen molar-refractivity contribution in [3.05, 3.63) is 51.2 Å². The molecule has 0 bridgehead atoms. The van der Waals surface area contributed by atoms with E-state index in [1.807, 2.05) is 31.3 Å². The van der Waals surface area contributed by atoms with Crippen molar-refractivity contribution < 1.29 is 0 Å². The summed E-state index contributed by atoms with van der Waals surface area (Å²) in [7, 11) is 1.88. The number of hydrogen-bond acceptors (Lipinski definition) is 3. The van der Waals surface area contributed by atoms with Crippen LogP contribution in [-0.4, -0.2) is 9.78 Å². The van der Waals surface area contributed by atoms with Crippen LogP contribution < -0.4 is 11.3 Å². The number of halogens is 2. The summed E-state index contributed by atoms with van der Waals surface area (Å²) < 4.78 is 2.69. The molecule has 0 saturated carbocycles. The van der Waals surface area contributed by atoms with Crippen molar-refractivity contribution in [3.63, 3.8) is 0 Å². The standard InChI is InChI=1S/C11H12BrClN4/c1-17-10(4-5-15-17)11(16-14)8-3-2-7(13)6-9(8)12/h2-6,11,16H,14H2,1H3. The molecule has 0 spiro atoms. The highest BCUT2D eigenvalue weighted by Gasteiger charge is 2.18. The second kappa shape index (κ2) is 5.18. The zero-order chi connectivity index (χ0) is 12.4. The fourth-order valence-electron chi connectivity index (χ4n) is 1.74. The first kappa shape index (κ1) is 12.6. The molecule has 4 nitrogen and oxygen atoms in total. The quantitative estimate of drug-likeness (QED) is 0.675. The molecule has 1 unspecified atom stereocenters. The highest BCUT2D eigenvalue weighted by molar-refractivity contribution is 9.10. The van der Waals surface area contributed by atoms with Gasteiger partial charge in [-0.25, -0.2) is 5.43 Å². The average Bonchev–Trinajstić information content (AvgIpc) is 2.69. The molecule has 0 fully saturated rings. The fourth-order valence-corrected chi connectivity index (χ4v) is 2.65. The average molecular weight is 316 g/mol. The predicted molar refractivity (Wildman–Crippen MR) is 71.5 cm³/mol. The summed E-state index contributed by atoms with van der Waals surface area (Å²) in [4.78, 5) is 0. The molecule has 1 aromatic carbocycles. The Kier molecular flexibility index (Phi) is 3.83. The molecule has 17 heavy (non-hydrogen) atoms. The Morgan fingerprint density at radius 3 is 2.76 bits per heavy atom. The number of aryl methyl sites for hydroxylation is 1. The zero-order valence-corrected chi connectivity index (χ0v) is 11.5. The van der Waals surface area contributed by atoms with Gasteiger partial charge in [0.15, 0.2) is 0 Å². The number of hydrazine groups is 1. The van der Waals surface area contributed by atoms with Crippen LogP contribution in [0.1, 0.15) is 17.3 Å². The number of aromatic nitrogens is 2. The van der Waals surface area contributed by atoms with Crippen molar-refractivity contribution in [2.24, 2.45) is 12.9 Å². The van der Waals surface area contributed by atoms with Crippen LogP contribution in [-0.2, 0) is 7.05 Å². The first-order valence-corrected chi connectivity index (χ1v) is 6.19. The third-order valence-electron chi connectivity index (χ3n) is 2.59. The molecule has 0 aliphatic rings. The van der Waals surface area contributed by atoms with Crippen molar-refractivity contribution in [1.82, 2.24) is 15.2 Å². The van der Waals surface area contributed by atoms with Crippen molar-refractivity contribution in [2.75, 3.05) is 0 Å². The molecular formula is C11H12BrClN4. The maximum absolute atomic E-state index is 5.92. The molecule has 2 rings (SSSR count). The SMILES string of the molecule is Cn1nccc1C(NN)c1ccc(Cl)cc1Br. The monoisotopic (exact) mass is 314 g/mol. The lowest BCUT2D eigenvalue weighted by Crippen LogP contribution is -2.30. The van der Waals surface area contributed by atoms with Gasteiger partial charge in [0.1, 0.15) is 0 Å². The van der Waals surface area contributed by atoms with Gasteiger partial charge in [0.05, 0.1) is 11.7 Å². The van der Waals surface area contributed by atoms with E-state index in [0.29, 0.717) is 5.02 Å². The van der Waals surface area contributed by atoms with Gasteiger partial charge in [0.25, 0.3) is 0 Å². The Morgan fingerprint density at radius 1 is 1.47 bits per heavy atom. The smallest absolute Gasteiger partial charge is 0.0889 e. The molecule has 1 atom stereocenters. The lowest BCUT2D eigenvalue weighted by atomic mass is 10.0. The van der Waals surface area contributed by atoms with Crippen molar-refractivity contribution in [1.29, 1.82) is 0 Å². The summed E-state index contributed by atoms with van der Waals surface area (Å²) in [5.74, 6) is 5.63. The van der Waals surface area contributed by atoms with Crippen LogP contribution in [0.4, 0.5) is 0 Å². The number of hydrogen-bond donors (Lipinski definition) is 2. The molecule has 1 aromatic heterocycles. The lowest BCUT2D eigenvalue weighted by molar-refractivity contribution is 0.573. The van der Waals surface area contributed by atoms with Crippen LogP contribution in [0.15, 0.2) is 34.9 Å². The van der Waals surface area contributed by atoms with Gasteiger partial charge in [-0.1, -0.05) is 33.6 Å². The van der Waals surface area contributed by atoms with Gasteiger partial charge in [-0.05, 0) is 23.8 Å². The fraction of sp³-hybridized carbons (Fsp3) is 0.182. The predicted octanol–water partition coefficient (Wildman–Crippen LogP) is 2.39. The van der Waals surface area contributed by atoms with E-state index in [-0.39, 0.29) is 6.04 Å². The van der Waals surface area contributed by atoms with Gasteiger partial charge >= 0.3 is 0 Å². The zero-order valence-electron chi connectivity index (χ0n) is 9.19. The number of benzene rings is 1. The minimum atomic E-state index is -0.130. The van der Waals surface area contributed by atoms with Crippen LogP contribution in [0.25, 0.3) is 0 Å². The minimum Gasteiger partial charge on any atom is -0.271 e. The largest absolute Gasteiger partial charge is 0.271 e. The van der Waals surface area contributed by atoms with Gasteiger partial charge < -0.3 is 0 Å². The molecule has 0 aliphatic heterocycles. The molecule has 0 amide bonds. The highest BCUT2D eigenvalue weighted by Crippen LogP contribution is 2.29. The van der Waals surface area contributed by atoms with Crippen LogP contribution in [0.5, 0.6) is 0 Å². The van der Waals surface area contributed by atoms with Gasteiger partial charge in [0.2, 0.25) is 0 Å². The van der Waals surface area contributed by atoms with E-state index in [4.69, 9.17) is 17.4 Å². The van der Waals surface area contributed by atoms with E-state index in [1.165, 1.54) is 0 Å². The van der Waals surface area contributed by atoms with E-state index < -0.39 is 0 Å². The normalized spacial score (nSPS) is 12.7. The van der Waals surface area contributed by atoms with E-state index in [1.54, 1.807) is 10.9 Å². The summed E-state index contributed by atoms with van der Waals surface area (Å²) in [6.45, 7) is 0. The lowest BCUT2D eigenvalue weighted by Gasteiger charge is -2.18. The van der Waals surface area contributed by atoms with E-state index >= 15 is 0 Å². The first-order valence-electron chi connectivity index (χ1n) is 5.02. The molecule has 6 heteroatoms. The van der Waals surface area contributed by atoms with Crippen molar-refractivity contribution >= 4 is 27.5 Å². The molecular weight excluding hydrogens is 304 g/mol. The summed E-state index contributed by atoms with van der Waals surface area (Å²) in [6, 6.07) is 7.41. The highest BCUT2D eigenvalue weighted by atomic mass is 79.9.